The number of carbonyl (C=O) groups is 2. The summed E-state index contributed by atoms with van der Waals surface area (Å²) in [6.07, 6.45) is -2.56. The predicted molar refractivity (Wildman–Crippen MR) is 91.5 cm³/mol. The summed E-state index contributed by atoms with van der Waals surface area (Å²) in [6, 6.07) is 7.73. The van der Waals surface area contributed by atoms with Crippen LogP contribution in [0.1, 0.15) is 68.5 Å². The van der Waals surface area contributed by atoms with Gasteiger partial charge in [0, 0.05) is 23.1 Å². The number of ether oxygens (including phenoxy) is 1. The summed E-state index contributed by atoms with van der Waals surface area (Å²) in [5.74, 6) is -0.459. The number of ketones is 2. The Bertz CT molecular complexity index is 959. The predicted octanol–water partition coefficient (Wildman–Crippen LogP) is 1.69. The van der Waals surface area contributed by atoms with Crippen molar-refractivity contribution in [3.05, 3.63) is 63.7 Å². The van der Waals surface area contributed by atoms with Crippen LogP contribution < -0.4 is 4.74 Å². The monoisotopic (exact) mass is 354 g/mol. The summed E-state index contributed by atoms with van der Waals surface area (Å²) >= 11 is 0. The number of benzene rings is 2. The van der Waals surface area contributed by atoms with Gasteiger partial charge in [-0.05, 0) is 30.2 Å². The molecule has 2 aliphatic carbocycles. The van der Waals surface area contributed by atoms with Gasteiger partial charge in [0.1, 0.15) is 11.9 Å². The lowest BCUT2D eigenvalue weighted by Crippen LogP contribution is -2.40. The summed E-state index contributed by atoms with van der Waals surface area (Å²) in [7, 11) is 1.43. The van der Waals surface area contributed by atoms with Gasteiger partial charge in [-0.1, -0.05) is 18.2 Å². The fourth-order valence-electron chi connectivity index (χ4n) is 4.00. The highest BCUT2D eigenvalue weighted by Crippen LogP contribution is 2.46. The number of methoxy groups -OCH3 is 1. The van der Waals surface area contributed by atoms with Crippen LogP contribution in [0, 0.1) is 0 Å². The van der Waals surface area contributed by atoms with Crippen molar-refractivity contribution in [3.8, 4) is 5.75 Å². The first-order valence-corrected chi connectivity index (χ1v) is 8.29. The molecular formula is C20H18O6. The molecule has 6 heteroatoms. The minimum Gasteiger partial charge on any atom is -0.496 e. The second-order valence-electron chi connectivity index (χ2n) is 7.01. The number of aliphatic hydroxyl groups is 3. The molecule has 0 aliphatic heterocycles. The second kappa shape index (κ2) is 5.48. The molecular weight excluding hydrogens is 336 g/mol. The van der Waals surface area contributed by atoms with Crippen molar-refractivity contribution >= 4 is 11.6 Å². The Morgan fingerprint density at radius 2 is 1.69 bits per heavy atom. The zero-order valence-corrected chi connectivity index (χ0v) is 14.3. The third-order valence-corrected chi connectivity index (χ3v) is 5.29. The lowest BCUT2D eigenvalue weighted by molar-refractivity contribution is -0.102. The summed E-state index contributed by atoms with van der Waals surface area (Å²) in [4.78, 5) is 26.2. The van der Waals surface area contributed by atoms with E-state index in [1.807, 2.05) is 0 Å². The number of aliphatic hydroxyl groups excluding tert-OH is 2. The van der Waals surface area contributed by atoms with Gasteiger partial charge in [0.05, 0.1) is 24.4 Å². The van der Waals surface area contributed by atoms with Crippen LogP contribution >= 0.6 is 0 Å². The van der Waals surface area contributed by atoms with Gasteiger partial charge < -0.3 is 20.1 Å². The highest BCUT2D eigenvalue weighted by molar-refractivity contribution is 6.30. The maximum Gasteiger partial charge on any atom is 0.198 e. The van der Waals surface area contributed by atoms with Crippen LogP contribution in [0.25, 0.3) is 0 Å². The Balaban J connectivity index is 2.00. The van der Waals surface area contributed by atoms with Gasteiger partial charge in [0.2, 0.25) is 0 Å². The molecule has 0 heterocycles. The molecule has 0 fully saturated rings. The largest absolute Gasteiger partial charge is 0.496 e. The van der Waals surface area contributed by atoms with Crippen molar-refractivity contribution < 1.29 is 29.6 Å². The number of hydrogen-bond acceptors (Lipinski definition) is 6. The van der Waals surface area contributed by atoms with Crippen LogP contribution in [0.2, 0.25) is 0 Å². The van der Waals surface area contributed by atoms with E-state index < -0.39 is 23.6 Å². The lowest BCUT2D eigenvalue weighted by atomic mass is 9.71. The van der Waals surface area contributed by atoms with E-state index in [-0.39, 0.29) is 45.6 Å². The second-order valence-corrected chi connectivity index (χ2v) is 7.01. The molecule has 3 atom stereocenters. The summed E-state index contributed by atoms with van der Waals surface area (Å²) < 4.78 is 5.23. The SMILES string of the molecule is COc1cccc2c1C(=O)c1ccc3c(c1C2=O)C(O)C[C@](C)(O)C3O. The van der Waals surface area contributed by atoms with Crippen LogP contribution in [0.15, 0.2) is 30.3 Å². The molecule has 26 heavy (non-hydrogen) atoms. The molecule has 0 saturated carbocycles. The van der Waals surface area contributed by atoms with E-state index >= 15 is 0 Å². The van der Waals surface area contributed by atoms with Crippen molar-refractivity contribution in [1.82, 2.24) is 0 Å². The molecule has 2 aliphatic rings. The molecule has 2 unspecified atom stereocenters. The molecule has 4 rings (SSSR count). The van der Waals surface area contributed by atoms with E-state index in [0.29, 0.717) is 5.75 Å². The normalized spacial score (nSPS) is 26.8. The fraction of sp³-hybridized carbons (Fsp3) is 0.300. The first kappa shape index (κ1) is 16.9. The van der Waals surface area contributed by atoms with Crippen molar-refractivity contribution in [2.24, 2.45) is 0 Å². The van der Waals surface area contributed by atoms with Crippen molar-refractivity contribution in [2.75, 3.05) is 7.11 Å². The molecule has 2 aromatic carbocycles. The molecule has 0 saturated heterocycles. The molecule has 0 spiro atoms. The van der Waals surface area contributed by atoms with E-state index in [9.17, 15) is 24.9 Å². The van der Waals surface area contributed by atoms with Gasteiger partial charge in [0.15, 0.2) is 11.6 Å². The van der Waals surface area contributed by atoms with E-state index in [1.165, 1.54) is 26.2 Å². The van der Waals surface area contributed by atoms with Gasteiger partial charge >= 0.3 is 0 Å². The Morgan fingerprint density at radius 3 is 2.38 bits per heavy atom. The van der Waals surface area contributed by atoms with Gasteiger partial charge in [0.25, 0.3) is 0 Å². The lowest BCUT2D eigenvalue weighted by Gasteiger charge is -2.39. The highest BCUT2D eigenvalue weighted by Gasteiger charge is 2.45. The Labute approximate surface area is 149 Å². The molecule has 134 valence electrons. The molecule has 3 N–H and O–H groups in total. The Hall–Kier alpha value is -2.54. The van der Waals surface area contributed by atoms with E-state index in [2.05, 4.69) is 0 Å². The first-order chi connectivity index (χ1) is 12.3. The smallest absolute Gasteiger partial charge is 0.198 e. The third kappa shape index (κ3) is 2.10. The zero-order valence-electron chi connectivity index (χ0n) is 14.3. The molecule has 0 radical (unpaired) electrons. The maximum absolute atomic E-state index is 13.1. The molecule has 0 bridgehead atoms. The van der Waals surface area contributed by atoms with Gasteiger partial charge in [-0.2, -0.15) is 0 Å². The van der Waals surface area contributed by atoms with Crippen molar-refractivity contribution in [3.63, 3.8) is 0 Å². The van der Waals surface area contributed by atoms with Crippen LogP contribution in [-0.2, 0) is 0 Å². The summed E-state index contributed by atoms with van der Waals surface area (Å²) in [5.41, 5.74) is -0.384. The van der Waals surface area contributed by atoms with Crippen LogP contribution in [-0.4, -0.2) is 39.6 Å². The minimum atomic E-state index is -1.52. The molecule has 0 aromatic heterocycles. The molecule has 2 aromatic rings. The average Bonchev–Trinajstić information content (AvgIpc) is 2.62. The van der Waals surface area contributed by atoms with Gasteiger partial charge in [-0.3, -0.25) is 9.59 Å². The summed E-state index contributed by atoms with van der Waals surface area (Å²) in [5, 5.41) is 31.4. The Kier molecular flexibility index (Phi) is 3.56. The number of rotatable bonds is 1. The number of hydrogen-bond donors (Lipinski definition) is 3. The van der Waals surface area contributed by atoms with Crippen LogP contribution in [0.5, 0.6) is 5.75 Å². The maximum atomic E-state index is 13.1. The minimum absolute atomic E-state index is 0.0929. The summed E-state index contributed by atoms with van der Waals surface area (Å²) in [6.45, 7) is 1.43. The standard InChI is InChI=1S/C20H18O6/c1-20(25)8-12(21)14-11(19(20)24)7-6-10-16(14)18(23)9-4-3-5-13(26-2)15(9)17(10)22/h3-7,12,19,21,24-25H,8H2,1-2H3/t12?,19?,20-/m0/s1. The average molecular weight is 354 g/mol. The molecule has 0 amide bonds. The van der Waals surface area contributed by atoms with Crippen LogP contribution in [0.3, 0.4) is 0 Å². The Morgan fingerprint density at radius 1 is 1.04 bits per heavy atom. The number of carbonyl (C=O) groups excluding carboxylic acids is 2. The van der Waals surface area contributed by atoms with E-state index in [1.54, 1.807) is 18.2 Å². The quantitative estimate of drug-likeness (QED) is 0.614. The highest BCUT2D eigenvalue weighted by atomic mass is 16.5. The van der Waals surface area contributed by atoms with Crippen molar-refractivity contribution in [1.29, 1.82) is 0 Å². The fourth-order valence-corrected chi connectivity index (χ4v) is 4.00. The van der Waals surface area contributed by atoms with E-state index in [4.69, 9.17) is 4.74 Å². The number of fused-ring (bicyclic) bond motifs is 4. The van der Waals surface area contributed by atoms with Gasteiger partial charge in [-0.15, -0.1) is 0 Å². The van der Waals surface area contributed by atoms with Crippen LogP contribution in [0.4, 0.5) is 0 Å². The third-order valence-electron chi connectivity index (χ3n) is 5.29. The topological polar surface area (TPSA) is 104 Å². The molecule has 6 nitrogen and oxygen atoms in total. The van der Waals surface area contributed by atoms with E-state index in [0.717, 1.165) is 0 Å². The van der Waals surface area contributed by atoms with Gasteiger partial charge in [-0.25, -0.2) is 0 Å². The zero-order chi connectivity index (χ0) is 18.8. The first-order valence-electron chi connectivity index (χ1n) is 8.29. The van der Waals surface area contributed by atoms with Crippen molar-refractivity contribution in [2.45, 2.75) is 31.2 Å².